The molecule has 1 N–H and O–H groups in total. The Morgan fingerprint density at radius 3 is 2.71 bits per heavy atom. The number of hydrogen-bond donors (Lipinski definition) is 1. The van der Waals surface area contributed by atoms with Gasteiger partial charge in [-0.05, 0) is 27.2 Å². The fourth-order valence-corrected chi connectivity index (χ4v) is 1.64. The van der Waals surface area contributed by atoms with Gasteiger partial charge in [0.25, 0.3) is 0 Å². The van der Waals surface area contributed by atoms with Crippen LogP contribution in [0.1, 0.15) is 52.3 Å². The van der Waals surface area contributed by atoms with E-state index in [2.05, 4.69) is 10.1 Å². The van der Waals surface area contributed by atoms with Crippen LogP contribution in [-0.4, -0.2) is 28.0 Å². The van der Waals surface area contributed by atoms with E-state index in [0.717, 1.165) is 12.8 Å². The van der Waals surface area contributed by atoms with Gasteiger partial charge in [0.1, 0.15) is 5.60 Å². The average Bonchev–Trinajstić information content (AvgIpc) is 2.67. The van der Waals surface area contributed by atoms with E-state index < -0.39 is 11.7 Å². The SMILES string of the molecule is CCCC(O)Cc1nc(C(C)(C)OCC)no1. The lowest BCUT2D eigenvalue weighted by Crippen LogP contribution is -2.23. The molecule has 0 aromatic carbocycles. The summed E-state index contributed by atoms with van der Waals surface area (Å²) in [5, 5.41) is 13.6. The third kappa shape index (κ3) is 4.09. The zero-order valence-corrected chi connectivity index (χ0v) is 11.1. The standard InChI is InChI=1S/C12H22N2O3/c1-5-7-9(15)8-10-13-11(14-17-10)12(3,4)16-6-2/h9,15H,5-8H2,1-4H3. The van der Waals surface area contributed by atoms with Crippen molar-refractivity contribution in [1.82, 2.24) is 10.1 Å². The summed E-state index contributed by atoms with van der Waals surface area (Å²) in [5.41, 5.74) is -0.549. The second-order valence-electron chi connectivity index (χ2n) is 4.60. The van der Waals surface area contributed by atoms with Gasteiger partial charge < -0.3 is 14.4 Å². The molecule has 0 aliphatic carbocycles. The zero-order chi connectivity index (χ0) is 12.9. The minimum Gasteiger partial charge on any atom is -0.393 e. The van der Waals surface area contributed by atoms with Gasteiger partial charge in [0, 0.05) is 6.61 Å². The second kappa shape index (κ2) is 6.12. The fourth-order valence-electron chi connectivity index (χ4n) is 1.64. The van der Waals surface area contributed by atoms with Crippen molar-refractivity contribution in [3.63, 3.8) is 0 Å². The Kier molecular flexibility index (Phi) is 5.08. The van der Waals surface area contributed by atoms with E-state index in [9.17, 15) is 5.11 Å². The molecule has 0 fully saturated rings. The zero-order valence-electron chi connectivity index (χ0n) is 11.1. The molecular weight excluding hydrogens is 220 g/mol. The molecule has 1 rings (SSSR count). The number of nitrogens with zero attached hydrogens (tertiary/aromatic N) is 2. The van der Waals surface area contributed by atoms with E-state index in [-0.39, 0.29) is 0 Å². The molecule has 17 heavy (non-hydrogen) atoms. The number of ether oxygens (including phenoxy) is 1. The first-order valence-corrected chi connectivity index (χ1v) is 6.14. The molecule has 1 aromatic heterocycles. The van der Waals surface area contributed by atoms with Crippen molar-refractivity contribution in [3.05, 3.63) is 11.7 Å². The highest BCUT2D eigenvalue weighted by Crippen LogP contribution is 2.21. The minimum atomic E-state index is -0.549. The highest BCUT2D eigenvalue weighted by molar-refractivity contribution is 4.97. The van der Waals surface area contributed by atoms with Crippen molar-refractivity contribution < 1.29 is 14.4 Å². The first-order valence-electron chi connectivity index (χ1n) is 6.14. The van der Waals surface area contributed by atoms with Gasteiger partial charge in [-0.1, -0.05) is 18.5 Å². The minimum absolute atomic E-state index is 0.406. The molecule has 0 amide bonds. The molecule has 0 saturated carbocycles. The van der Waals surface area contributed by atoms with Crippen LogP contribution < -0.4 is 0 Å². The molecule has 0 bridgehead atoms. The van der Waals surface area contributed by atoms with Crippen LogP contribution in [0.15, 0.2) is 4.52 Å². The molecule has 0 aliphatic heterocycles. The predicted octanol–water partition coefficient (Wildman–Crippen LogP) is 2.04. The van der Waals surface area contributed by atoms with E-state index in [0.29, 0.717) is 24.7 Å². The van der Waals surface area contributed by atoms with E-state index >= 15 is 0 Å². The van der Waals surface area contributed by atoms with Gasteiger partial charge in [-0.25, -0.2) is 0 Å². The number of rotatable bonds is 7. The normalized spacial score (nSPS) is 13.9. The van der Waals surface area contributed by atoms with Crippen LogP contribution in [-0.2, 0) is 16.8 Å². The van der Waals surface area contributed by atoms with Crippen LogP contribution in [0.25, 0.3) is 0 Å². The summed E-state index contributed by atoms with van der Waals surface area (Å²) in [7, 11) is 0. The molecule has 0 saturated heterocycles. The smallest absolute Gasteiger partial charge is 0.229 e. The number of aliphatic hydroxyl groups excluding tert-OH is 1. The van der Waals surface area contributed by atoms with Gasteiger partial charge in [0.15, 0.2) is 0 Å². The van der Waals surface area contributed by atoms with Crippen LogP contribution in [0.2, 0.25) is 0 Å². The number of aromatic nitrogens is 2. The van der Waals surface area contributed by atoms with Crippen molar-refractivity contribution in [3.8, 4) is 0 Å². The molecular formula is C12H22N2O3. The maximum atomic E-state index is 9.66. The monoisotopic (exact) mass is 242 g/mol. The highest BCUT2D eigenvalue weighted by atomic mass is 16.5. The highest BCUT2D eigenvalue weighted by Gasteiger charge is 2.27. The first kappa shape index (κ1) is 14.1. The summed E-state index contributed by atoms with van der Waals surface area (Å²) >= 11 is 0. The van der Waals surface area contributed by atoms with Gasteiger partial charge in [-0.2, -0.15) is 4.98 Å². The number of hydrogen-bond acceptors (Lipinski definition) is 5. The Morgan fingerprint density at radius 2 is 2.12 bits per heavy atom. The fraction of sp³-hybridized carbons (Fsp3) is 0.833. The molecule has 0 spiro atoms. The Labute approximate surface area is 102 Å². The molecule has 5 nitrogen and oxygen atoms in total. The van der Waals surface area contributed by atoms with Crippen molar-refractivity contribution in [2.24, 2.45) is 0 Å². The lowest BCUT2D eigenvalue weighted by Gasteiger charge is -2.19. The lowest BCUT2D eigenvalue weighted by atomic mass is 10.1. The number of aliphatic hydroxyl groups is 1. The van der Waals surface area contributed by atoms with Crippen LogP contribution in [0.5, 0.6) is 0 Å². The molecule has 1 atom stereocenters. The molecule has 98 valence electrons. The van der Waals surface area contributed by atoms with Crippen molar-refractivity contribution >= 4 is 0 Å². The maximum absolute atomic E-state index is 9.66. The topological polar surface area (TPSA) is 68.4 Å². The largest absolute Gasteiger partial charge is 0.393 e. The lowest BCUT2D eigenvalue weighted by molar-refractivity contribution is -0.0221. The molecule has 5 heteroatoms. The summed E-state index contributed by atoms with van der Waals surface area (Å²) in [6.07, 6.45) is 1.67. The maximum Gasteiger partial charge on any atom is 0.229 e. The molecule has 1 heterocycles. The third-order valence-electron chi connectivity index (χ3n) is 2.54. The van der Waals surface area contributed by atoms with E-state index in [1.54, 1.807) is 0 Å². The second-order valence-corrected chi connectivity index (χ2v) is 4.60. The molecule has 0 aliphatic rings. The average molecular weight is 242 g/mol. The quantitative estimate of drug-likeness (QED) is 0.792. The van der Waals surface area contributed by atoms with Crippen LogP contribution >= 0.6 is 0 Å². The Bertz CT molecular complexity index is 336. The van der Waals surface area contributed by atoms with Crippen molar-refractivity contribution in [2.75, 3.05) is 6.61 Å². The predicted molar refractivity (Wildman–Crippen MR) is 63.6 cm³/mol. The van der Waals surface area contributed by atoms with Gasteiger partial charge in [0.05, 0.1) is 12.5 Å². The third-order valence-corrected chi connectivity index (χ3v) is 2.54. The van der Waals surface area contributed by atoms with Crippen LogP contribution in [0.3, 0.4) is 0 Å². The summed E-state index contributed by atoms with van der Waals surface area (Å²) in [5.74, 6) is 0.992. The summed E-state index contributed by atoms with van der Waals surface area (Å²) in [4.78, 5) is 4.26. The van der Waals surface area contributed by atoms with Crippen molar-refractivity contribution in [2.45, 2.75) is 58.7 Å². The van der Waals surface area contributed by atoms with Gasteiger partial charge in [-0.3, -0.25) is 0 Å². The van der Waals surface area contributed by atoms with Gasteiger partial charge in [0.2, 0.25) is 11.7 Å². The summed E-state index contributed by atoms with van der Waals surface area (Å²) < 4.78 is 10.6. The van der Waals surface area contributed by atoms with E-state index in [1.165, 1.54) is 0 Å². The Hall–Kier alpha value is -0.940. The summed E-state index contributed by atoms with van der Waals surface area (Å²) in [6.45, 7) is 8.34. The van der Waals surface area contributed by atoms with Gasteiger partial charge >= 0.3 is 0 Å². The van der Waals surface area contributed by atoms with Gasteiger partial charge in [-0.15, -0.1) is 0 Å². The van der Waals surface area contributed by atoms with Crippen molar-refractivity contribution in [1.29, 1.82) is 0 Å². The first-order chi connectivity index (χ1) is 7.99. The van der Waals surface area contributed by atoms with E-state index in [1.807, 2.05) is 27.7 Å². The Balaban J connectivity index is 2.64. The molecule has 0 radical (unpaired) electrons. The van der Waals surface area contributed by atoms with E-state index in [4.69, 9.17) is 9.26 Å². The molecule has 1 aromatic rings. The van der Waals surface area contributed by atoms with Crippen LogP contribution in [0, 0.1) is 0 Å². The summed E-state index contributed by atoms with van der Waals surface area (Å²) in [6, 6.07) is 0. The Morgan fingerprint density at radius 1 is 1.41 bits per heavy atom. The molecule has 1 unspecified atom stereocenters. The van der Waals surface area contributed by atoms with Crippen LogP contribution in [0.4, 0.5) is 0 Å².